The first-order valence-electron chi connectivity index (χ1n) is 8.63. The van der Waals surface area contributed by atoms with Crippen LogP contribution in [0.5, 0.6) is 17.2 Å². The van der Waals surface area contributed by atoms with Crippen LogP contribution in [0.4, 0.5) is 0 Å². The van der Waals surface area contributed by atoms with Gasteiger partial charge in [-0.2, -0.15) is 0 Å². The molecule has 2 aromatic rings. The van der Waals surface area contributed by atoms with E-state index in [9.17, 15) is 9.59 Å². The Hall–Kier alpha value is -3.48. The van der Waals surface area contributed by atoms with E-state index < -0.39 is 17.7 Å². The molecule has 2 aliphatic heterocycles. The number of carbonyl (C=O) groups is 2. The molecule has 28 heavy (non-hydrogen) atoms. The van der Waals surface area contributed by atoms with E-state index in [1.165, 1.54) is 19.9 Å². The predicted molar refractivity (Wildman–Crippen MR) is 98.8 cm³/mol. The monoisotopic (exact) mass is 382 g/mol. The van der Waals surface area contributed by atoms with E-state index in [0.29, 0.717) is 22.8 Å². The zero-order valence-corrected chi connectivity index (χ0v) is 15.6. The van der Waals surface area contributed by atoms with Crippen LogP contribution < -0.4 is 14.2 Å². The van der Waals surface area contributed by atoms with E-state index in [1.54, 1.807) is 19.2 Å². The van der Waals surface area contributed by atoms with Crippen LogP contribution >= 0.6 is 0 Å². The van der Waals surface area contributed by atoms with Crippen LogP contribution in [0.1, 0.15) is 19.4 Å². The molecule has 7 nitrogen and oxygen atoms in total. The van der Waals surface area contributed by atoms with Crippen molar-refractivity contribution in [2.75, 3.05) is 13.9 Å². The zero-order chi connectivity index (χ0) is 19.9. The Morgan fingerprint density at radius 3 is 2.18 bits per heavy atom. The number of ether oxygens (including phenoxy) is 5. The van der Waals surface area contributed by atoms with Gasteiger partial charge in [0, 0.05) is 13.8 Å². The quantitative estimate of drug-likeness (QED) is 0.458. The summed E-state index contributed by atoms with van der Waals surface area (Å²) in [6.45, 7) is 3.11. The third-order valence-corrected chi connectivity index (χ3v) is 4.36. The summed E-state index contributed by atoms with van der Waals surface area (Å²) >= 11 is 0. The standard InChI is InChI=1S/C21H18O7/c1-21(2)27-19(22)16(20(23)28-21)8-13-9-17-18(26-11-25-17)10-15(13)12-4-6-14(24-3)7-5-12/h4-10H,11H2,1-3H3. The Bertz CT molecular complexity index is 965. The molecule has 0 saturated carbocycles. The third kappa shape index (κ3) is 3.26. The minimum atomic E-state index is -1.29. The van der Waals surface area contributed by atoms with Gasteiger partial charge in [-0.15, -0.1) is 0 Å². The van der Waals surface area contributed by atoms with Crippen LogP contribution in [0.25, 0.3) is 17.2 Å². The molecule has 2 aliphatic rings. The molecular formula is C21H18O7. The summed E-state index contributed by atoms with van der Waals surface area (Å²) < 4.78 is 26.5. The van der Waals surface area contributed by atoms with Gasteiger partial charge in [-0.1, -0.05) is 12.1 Å². The number of benzene rings is 2. The average molecular weight is 382 g/mol. The summed E-state index contributed by atoms with van der Waals surface area (Å²) in [5.41, 5.74) is 2.01. The largest absolute Gasteiger partial charge is 0.497 e. The van der Waals surface area contributed by atoms with E-state index in [4.69, 9.17) is 23.7 Å². The maximum atomic E-state index is 12.3. The van der Waals surface area contributed by atoms with Gasteiger partial charge in [-0.25, -0.2) is 9.59 Å². The molecule has 0 bridgehead atoms. The van der Waals surface area contributed by atoms with Crippen molar-refractivity contribution in [3.63, 3.8) is 0 Å². The second-order valence-electron chi connectivity index (χ2n) is 6.76. The van der Waals surface area contributed by atoms with Gasteiger partial charge in [-0.3, -0.25) is 0 Å². The Balaban J connectivity index is 1.82. The first-order valence-corrected chi connectivity index (χ1v) is 8.63. The summed E-state index contributed by atoms with van der Waals surface area (Å²) in [7, 11) is 1.59. The molecule has 7 heteroatoms. The van der Waals surface area contributed by atoms with E-state index in [-0.39, 0.29) is 12.4 Å². The second-order valence-corrected chi connectivity index (χ2v) is 6.76. The van der Waals surface area contributed by atoms with E-state index in [2.05, 4.69) is 0 Å². The van der Waals surface area contributed by atoms with Crippen molar-refractivity contribution in [1.29, 1.82) is 0 Å². The summed E-state index contributed by atoms with van der Waals surface area (Å²) in [5, 5.41) is 0. The van der Waals surface area contributed by atoms with Gasteiger partial charge in [0.25, 0.3) is 5.79 Å². The van der Waals surface area contributed by atoms with Crippen LogP contribution in [0.15, 0.2) is 42.0 Å². The topological polar surface area (TPSA) is 80.3 Å². The Kier molecular flexibility index (Phi) is 4.22. The molecule has 0 aromatic heterocycles. The first kappa shape index (κ1) is 17.9. The molecule has 1 fully saturated rings. The SMILES string of the molecule is COc1ccc(-c2cc3c(cc2C=C2C(=O)OC(C)(C)OC2=O)OCO3)cc1. The molecule has 2 aromatic carbocycles. The van der Waals surface area contributed by atoms with Crippen LogP contribution in [0.3, 0.4) is 0 Å². The highest BCUT2D eigenvalue weighted by Gasteiger charge is 2.39. The van der Waals surface area contributed by atoms with Crippen LogP contribution in [-0.4, -0.2) is 31.6 Å². The minimum absolute atomic E-state index is 0.107. The minimum Gasteiger partial charge on any atom is -0.497 e. The lowest BCUT2D eigenvalue weighted by Crippen LogP contribution is -2.41. The average Bonchev–Trinajstić information content (AvgIpc) is 3.10. The van der Waals surface area contributed by atoms with E-state index in [1.807, 2.05) is 24.3 Å². The van der Waals surface area contributed by atoms with Crippen LogP contribution in [-0.2, 0) is 19.1 Å². The van der Waals surface area contributed by atoms with Crippen LogP contribution in [0, 0.1) is 0 Å². The highest BCUT2D eigenvalue weighted by molar-refractivity contribution is 6.19. The molecule has 0 atom stereocenters. The molecule has 4 rings (SSSR count). The molecule has 0 radical (unpaired) electrons. The summed E-state index contributed by atoms with van der Waals surface area (Å²) in [6, 6.07) is 10.9. The summed E-state index contributed by atoms with van der Waals surface area (Å²) in [4.78, 5) is 24.7. The molecule has 2 heterocycles. The van der Waals surface area contributed by atoms with Crippen molar-refractivity contribution in [3.05, 3.63) is 47.5 Å². The molecular weight excluding hydrogens is 364 g/mol. The lowest BCUT2D eigenvalue weighted by molar-refractivity contribution is -0.222. The van der Waals surface area contributed by atoms with Crippen molar-refractivity contribution in [2.24, 2.45) is 0 Å². The van der Waals surface area contributed by atoms with Crippen LogP contribution in [0.2, 0.25) is 0 Å². The van der Waals surface area contributed by atoms with Gasteiger partial charge in [-0.05, 0) is 47.0 Å². The fourth-order valence-electron chi connectivity index (χ4n) is 3.03. The molecule has 0 N–H and O–H groups in total. The Labute approximate surface area is 161 Å². The predicted octanol–water partition coefficient (Wildman–Crippen LogP) is 3.31. The van der Waals surface area contributed by atoms with Crippen molar-refractivity contribution in [2.45, 2.75) is 19.6 Å². The number of carbonyl (C=O) groups excluding carboxylic acids is 2. The first-order chi connectivity index (χ1) is 13.4. The lowest BCUT2D eigenvalue weighted by atomic mass is 9.96. The van der Waals surface area contributed by atoms with Crippen molar-refractivity contribution < 1.29 is 33.3 Å². The van der Waals surface area contributed by atoms with Crippen molar-refractivity contribution in [1.82, 2.24) is 0 Å². The number of methoxy groups -OCH3 is 1. The zero-order valence-electron chi connectivity index (χ0n) is 15.6. The van der Waals surface area contributed by atoms with Gasteiger partial charge in [0.1, 0.15) is 11.3 Å². The number of rotatable bonds is 3. The smallest absolute Gasteiger partial charge is 0.348 e. The van der Waals surface area contributed by atoms with Gasteiger partial charge >= 0.3 is 11.9 Å². The number of hydrogen-bond acceptors (Lipinski definition) is 7. The molecule has 0 aliphatic carbocycles. The van der Waals surface area contributed by atoms with Gasteiger partial charge in [0.2, 0.25) is 6.79 Å². The molecule has 144 valence electrons. The van der Waals surface area contributed by atoms with Gasteiger partial charge in [0.05, 0.1) is 7.11 Å². The number of fused-ring (bicyclic) bond motifs is 1. The molecule has 0 unspecified atom stereocenters. The third-order valence-electron chi connectivity index (χ3n) is 4.36. The number of esters is 2. The van der Waals surface area contributed by atoms with Crippen molar-refractivity contribution >= 4 is 18.0 Å². The Morgan fingerprint density at radius 2 is 1.57 bits per heavy atom. The summed E-state index contributed by atoms with van der Waals surface area (Å²) in [5.74, 6) is -0.936. The fourth-order valence-corrected chi connectivity index (χ4v) is 3.03. The lowest BCUT2D eigenvalue weighted by Gasteiger charge is -2.29. The maximum absolute atomic E-state index is 12.3. The summed E-state index contributed by atoms with van der Waals surface area (Å²) in [6.07, 6.45) is 1.45. The Morgan fingerprint density at radius 1 is 0.964 bits per heavy atom. The van der Waals surface area contributed by atoms with Crippen molar-refractivity contribution in [3.8, 4) is 28.4 Å². The van der Waals surface area contributed by atoms with Gasteiger partial charge in [0.15, 0.2) is 11.5 Å². The van der Waals surface area contributed by atoms with Gasteiger partial charge < -0.3 is 23.7 Å². The fraction of sp³-hybridized carbons (Fsp3) is 0.238. The normalized spacial score (nSPS) is 17.0. The van der Waals surface area contributed by atoms with E-state index >= 15 is 0 Å². The van der Waals surface area contributed by atoms with E-state index in [0.717, 1.165) is 11.1 Å². The maximum Gasteiger partial charge on any atom is 0.348 e. The number of hydrogen-bond donors (Lipinski definition) is 0. The molecule has 0 spiro atoms. The molecule has 1 saturated heterocycles. The molecule has 0 amide bonds. The number of cyclic esters (lactones) is 2. The second kappa shape index (κ2) is 6.60. The highest BCUT2D eigenvalue weighted by Crippen LogP contribution is 2.40. The highest BCUT2D eigenvalue weighted by atomic mass is 16.7.